The van der Waals surface area contributed by atoms with Crippen molar-refractivity contribution >= 4 is 11.9 Å². The molecule has 1 aromatic carbocycles. The van der Waals surface area contributed by atoms with E-state index < -0.39 is 0 Å². The number of anilines is 1. The van der Waals surface area contributed by atoms with Gasteiger partial charge in [0.25, 0.3) is 0 Å². The Morgan fingerprint density at radius 3 is 2.85 bits per heavy atom. The SMILES string of the molecule is O=C(NCc1ccccc1F)[C@H]1CCc2nc(N3CCCCC3)ncc2C1. The standard InChI is InChI=1S/C21H25FN4O/c22-18-7-3-2-6-16(18)13-23-20(27)15-8-9-19-17(12-15)14-24-21(25-19)26-10-4-1-5-11-26/h2-3,6-7,14-15H,1,4-5,8-13H2,(H,23,27)/t15-/m0/s1. The number of fused-ring (bicyclic) bond motifs is 1. The normalized spacial score (nSPS) is 19.4. The molecule has 6 heteroatoms. The van der Waals surface area contributed by atoms with Gasteiger partial charge in [-0.05, 0) is 50.2 Å². The number of hydrogen-bond acceptors (Lipinski definition) is 4. The lowest BCUT2D eigenvalue weighted by atomic mass is 9.86. The third-order valence-corrected chi connectivity index (χ3v) is 5.56. The summed E-state index contributed by atoms with van der Waals surface area (Å²) in [4.78, 5) is 24.1. The largest absolute Gasteiger partial charge is 0.352 e. The van der Waals surface area contributed by atoms with Crippen molar-refractivity contribution < 1.29 is 9.18 Å². The van der Waals surface area contributed by atoms with Crippen LogP contribution in [0.25, 0.3) is 0 Å². The molecule has 0 saturated carbocycles. The van der Waals surface area contributed by atoms with Gasteiger partial charge in [0.15, 0.2) is 0 Å². The van der Waals surface area contributed by atoms with Crippen LogP contribution in [0.5, 0.6) is 0 Å². The number of carbonyl (C=O) groups is 1. The number of benzene rings is 1. The van der Waals surface area contributed by atoms with Crippen LogP contribution in [0.3, 0.4) is 0 Å². The number of rotatable bonds is 4. The van der Waals surface area contributed by atoms with Crippen LogP contribution in [-0.4, -0.2) is 29.0 Å². The second-order valence-corrected chi connectivity index (χ2v) is 7.44. The first kappa shape index (κ1) is 17.9. The molecule has 0 unspecified atom stereocenters. The fraction of sp³-hybridized carbons (Fsp3) is 0.476. The fourth-order valence-electron chi connectivity index (χ4n) is 3.94. The molecular formula is C21H25FN4O. The zero-order valence-electron chi connectivity index (χ0n) is 15.5. The van der Waals surface area contributed by atoms with E-state index in [-0.39, 0.29) is 24.2 Å². The second kappa shape index (κ2) is 8.03. The van der Waals surface area contributed by atoms with Gasteiger partial charge in [-0.15, -0.1) is 0 Å². The van der Waals surface area contributed by atoms with Crippen molar-refractivity contribution in [2.24, 2.45) is 5.92 Å². The van der Waals surface area contributed by atoms with E-state index in [1.807, 2.05) is 6.20 Å². The minimum Gasteiger partial charge on any atom is -0.352 e. The van der Waals surface area contributed by atoms with Gasteiger partial charge in [0, 0.05) is 43.0 Å². The van der Waals surface area contributed by atoms with Crippen LogP contribution in [-0.2, 0) is 24.2 Å². The van der Waals surface area contributed by atoms with Gasteiger partial charge in [0.1, 0.15) is 5.82 Å². The summed E-state index contributed by atoms with van der Waals surface area (Å²) in [5.74, 6) is 0.416. The summed E-state index contributed by atoms with van der Waals surface area (Å²) in [7, 11) is 0. The van der Waals surface area contributed by atoms with E-state index in [4.69, 9.17) is 4.98 Å². The molecule has 0 spiro atoms. The van der Waals surface area contributed by atoms with Crippen molar-refractivity contribution in [3.63, 3.8) is 0 Å². The first-order valence-corrected chi connectivity index (χ1v) is 9.81. The minimum atomic E-state index is -0.287. The summed E-state index contributed by atoms with van der Waals surface area (Å²) in [6.45, 7) is 2.28. The van der Waals surface area contributed by atoms with Gasteiger partial charge in [-0.1, -0.05) is 18.2 Å². The Morgan fingerprint density at radius 1 is 1.22 bits per heavy atom. The second-order valence-electron chi connectivity index (χ2n) is 7.44. The molecule has 1 amide bonds. The van der Waals surface area contributed by atoms with Crippen LogP contribution >= 0.6 is 0 Å². The molecule has 1 atom stereocenters. The lowest BCUT2D eigenvalue weighted by Gasteiger charge is -2.28. The lowest BCUT2D eigenvalue weighted by molar-refractivity contribution is -0.125. The monoisotopic (exact) mass is 368 g/mol. The predicted molar refractivity (Wildman–Crippen MR) is 102 cm³/mol. The van der Waals surface area contributed by atoms with E-state index in [1.54, 1.807) is 18.2 Å². The fourth-order valence-corrected chi connectivity index (χ4v) is 3.94. The first-order valence-electron chi connectivity index (χ1n) is 9.81. The molecule has 1 fully saturated rings. The molecule has 1 aromatic heterocycles. The third-order valence-electron chi connectivity index (χ3n) is 5.56. The van der Waals surface area contributed by atoms with Crippen LogP contribution in [0.2, 0.25) is 0 Å². The Bertz CT molecular complexity index is 820. The van der Waals surface area contributed by atoms with Crippen LogP contribution in [0.1, 0.15) is 42.5 Å². The molecule has 4 rings (SSSR count). The highest BCUT2D eigenvalue weighted by molar-refractivity contribution is 5.79. The highest BCUT2D eigenvalue weighted by Gasteiger charge is 2.27. The third kappa shape index (κ3) is 4.10. The molecule has 2 heterocycles. The van der Waals surface area contributed by atoms with E-state index in [9.17, 15) is 9.18 Å². The Kier molecular flexibility index (Phi) is 5.32. The molecule has 0 radical (unpaired) electrons. The first-order chi connectivity index (χ1) is 13.2. The van der Waals surface area contributed by atoms with Gasteiger partial charge in [-0.2, -0.15) is 0 Å². The van der Waals surface area contributed by atoms with Gasteiger partial charge in [-0.3, -0.25) is 4.79 Å². The van der Waals surface area contributed by atoms with Crippen LogP contribution in [0.15, 0.2) is 30.5 Å². The molecule has 1 N–H and O–H groups in total. The van der Waals surface area contributed by atoms with Crippen LogP contribution < -0.4 is 10.2 Å². The maximum atomic E-state index is 13.7. The lowest BCUT2D eigenvalue weighted by Crippen LogP contribution is -2.35. The molecule has 1 saturated heterocycles. The number of piperidine rings is 1. The van der Waals surface area contributed by atoms with Crippen LogP contribution in [0.4, 0.5) is 10.3 Å². The van der Waals surface area contributed by atoms with Gasteiger partial charge in [0.2, 0.25) is 11.9 Å². The van der Waals surface area contributed by atoms with E-state index in [0.29, 0.717) is 12.0 Å². The van der Waals surface area contributed by atoms with Crippen molar-refractivity contribution in [2.45, 2.75) is 45.1 Å². The molecular weight excluding hydrogens is 343 g/mol. The van der Waals surface area contributed by atoms with Gasteiger partial charge in [0.05, 0.1) is 0 Å². The summed E-state index contributed by atoms with van der Waals surface area (Å²) in [5, 5.41) is 2.88. The predicted octanol–water partition coefficient (Wildman–Crippen LogP) is 3.03. The van der Waals surface area contributed by atoms with Crippen LogP contribution in [0, 0.1) is 11.7 Å². The number of carbonyl (C=O) groups excluding carboxylic acids is 1. The van der Waals surface area contributed by atoms with Crippen molar-refractivity contribution in [3.8, 4) is 0 Å². The molecule has 1 aliphatic carbocycles. The van der Waals surface area contributed by atoms with Gasteiger partial charge in [-0.25, -0.2) is 14.4 Å². The number of halogens is 1. The summed E-state index contributed by atoms with van der Waals surface area (Å²) >= 11 is 0. The molecule has 142 valence electrons. The maximum Gasteiger partial charge on any atom is 0.225 e. The highest BCUT2D eigenvalue weighted by atomic mass is 19.1. The number of aromatic nitrogens is 2. The summed E-state index contributed by atoms with van der Waals surface area (Å²) < 4.78 is 13.7. The number of nitrogens with one attached hydrogen (secondary N) is 1. The van der Waals surface area contributed by atoms with Crippen molar-refractivity contribution in [3.05, 3.63) is 53.1 Å². The summed E-state index contributed by atoms with van der Waals surface area (Å²) in [5.41, 5.74) is 2.65. The average Bonchev–Trinajstić information content (AvgIpc) is 2.73. The summed E-state index contributed by atoms with van der Waals surface area (Å²) in [6.07, 6.45) is 7.78. The molecule has 27 heavy (non-hydrogen) atoms. The number of amides is 1. The quantitative estimate of drug-likeness (QED) is 0.901. The zero-order valence-corrected chi connectivity index (χ0v) is 15.5. The topological polar surface area (TPSA) is 58.1 Å². The Labute approximate surface area is 159 Å². The molecule has 1 aliphatic heterocycles. The number of nitrogens with zero attached hydrogens (tertiary/aromatic N) is 3. The highest BCUT2D eigenvalue weighted by Crippen LogP contribution is 2.26. The van der Waals surface area contributed by atoms with E-state index >= 15 is 0 Å². The Hall–Kier alpha value is -2.50. The number of hydrogen-bond donors (Lipinski definition) is 1. The van der Waals surface area contributed by atoms with Gasteiger partial charge >= 0.3 is 0 Å². The van der Waals surface area contributed by atoms with E-state index in [1.165, 1.54) is 25.3 Å². The Balaban J connectivity index is 1.37. The minimum absolute atomic E-state index is 0.0241. The van der Waals surface area contributed by atoms with Crippen molar-refractivity contribution in [2.75, 3.05) is 18.0 Å². The molecule has 0 bridgehead atoms. The van der Waals surface area contributed by atoms with E-state index in [2.05, 4.69) is 15.2 Å². The van der Waals surface area contributed by atoms with Gasteiger partial charge < -0.3 is 10.2 Å². The molecule has 5 nitrogen and oxygen atoms in total. The zero-order chi connectivity index (χ0) is 18.6. The average molecular weight is 368 g/mol. The van der Waals surface area contributed by atoms with Crippen molar-refractivity contribution in [1.82, 2.24) is 15.3 Å². The maximum absolute atomic E-state index is 13.7. The number of aryl methyl sites for hydroxylation is 1. The molecule has 2 aromatic rings. The molecule has 2 aliphatic rings. The van der Waals surface area contributed by atoms with Crippen molar-refractivity contribution in [1.29, 1.82) is 0 Å². The smallest absolute Gasteiger partial charge is 0.225 e. The summed E-state index contributed by atoms with van der Waals surface area (Å²) in [6, 6.07) is 6.53. The van der Waals surface area contributed by atoms with E-state index in [0.717, 1.165) is 43.1 Å². The Morgan fingerprint density at radius 2 is 2.04 bits per heavy atom.